The van der Waals surface area contributed by atoms with Crippen LogP contribution in [0.15, 0.2) is 27.4 Å². The molecule has 1 atom stereocenters. The zero-order chi connectivity index (χ0) is 12.4. The summed E-state index contributed by atoms with van der Waals surface area (Å²) in [4.78, 5) is 25.3. The van der Waals surface area contributed by atoms with Crippen LogP contribution in [0.25, 0.3) is 11.1 Å². The number of carbonyl (C=O) groups is 1. The Kier molecular flexibility index (Phi) is 3.10. The minimum atomic E-state index is -0.514. The number of hydrogen-bond donors (Lipinski definition) is 2. The second kappa shape index (κ2) is 4.55. The third-order valence-electron chi connectivity index (χ3n) is 2.57. The van der Waals surface area contributed by atoms with Crippen LogP contribution in [0.5, 0.6) is 0 Å². The highest BCUT2D eigenvalue weighted by Crippen LogP contribution is 2.14. The van der Waals surface area contributed by atoms with Crippen LogP contribution in [-0.2, 0) is 0 Å². The summed E-state index contributed by atoms with van der Waals surface area (Å²) >= 11 is 0. The molecular formula is C12H14N2O3. The van der Waals surface area contributed by atoms with Crippen LogP contribution in [0.1, 0.15) is 30.1 Å². The van der Waals surface area contributed by atoms with Gasteiger partial charge in [-0.3, -0.25) is 9.78 Å². The maximum atomic E-state index is 11.8. The highest BCUT2D eigenvalue weighted by atomic mass is 16.4. The summed E-state index contributed by atoms with van der Waals surface area (Å²) in [6.07, 6.45) is 1.05. The predicted molar refractivity (Wildman–Crippen MR) is 64.0 cm³/mol. The van der Waals surface area contributed by atoms with Gasteiger partial charge in [-0.1, -0.05) is 0 Å². The first kappa shape index (κ1) is 11.6. The van der Waals surface area contributed by atoms with Gasteiger partial charge in [-0.25, -0.2) is 4.79 Å². The predicted octanol–water partition coefficient (Wildman–Crippen LogP) is 1.43. The number of aromatic amines is 1. The van der Waals surface area contributed by atoms with E-state index < -0.39 is 5.76 Å². The van der Waals surface area contributed by atoms with E-state index in [9.17, 15) is 9.59 Å². The summed E-state index contributed by atoms with van der Waals surface area (Å²) in [5.74, 6) is -0.506. The van der Waals surface area contributed by atoms with E-state index in [1.807, 2.05) is 6.92 Å². The smallest absolute Gasteiger partial charge is 0.408 e. The molecule has 1 aromatic heterocycles. The topological polar surface area (TPSA) is 89.1 Å². The lowest BCUT2D eigenvalue weighted by atomic mass is 10.0. The van der Waals surface area contributed by atoms with Crippen LogP contribution in [0.4, 0.5) is 0 Å². The van der Waals surface area contributed by atoms with Crippen molar-refractivity contribution in [2.75, 3.05) is 0 Å². The van der Waals surface area contributed by atoms with Crippen molar-refractivity contribution in [1.29, 1.82) is 0 Å². The van der Waals surface area contributed by atoms with Gasteiger partial charge in [-0.05, 0) is 31.5 Å². The zero-order valence-corrected chi connectivity index (χ0v) is 9.53. The average Bonchev–Trinajstić information content (AvgIpc) is 2.64. The van der Waals surface area contributed by atoms with Gasteiger partial charge in [0.15, 0.2) is 11.4 Å². The number of H-pyrrole nitrogens is 1. The Labute approximate surface area is 97.6 Å². The lowest BCUT2D eigenvalue weighted by Crippen LogP contribution is -2.16. The molecule has 0 saturated carbocycles. The molecule has 0 aliphatic heterocycles. The Balaban J connectivity index is 2.23. The van der Waals surface area contributed by atoms with Crippen LogP contribution in [0.3, 0.4) is 0 Å². The third kappa shape index (κ3) is 2.62. The van der Waals surface area contributed by atoms with E-state index in [2.05, 4.69) is 4.98 Å². The first-order valence-corrected chi connectivity index (χ1v) is 5.48. The van der Waals surface area contributed by atoms with Gasteiger partial charge in [0.25, 0.3) is 0 Å². The molecule has 0 fully saturated rings. The van der Waals surface area contributed by atoms with Crippen molar-refractivity contribution >= 4 is 16.9 Å². The largest absolute Gasteiger partial charge is 0.417 e. The van der Waals surface area contributed by atoms with Gasteiger partial charge in [0.05, 0.1) is 5.52 Å². The third-order valence-corrected chi connectivity index (χ3v) is 2.57. The van der Waals surface area contributed by atoms with Crippen LogP contribution >= 0.6 is 0 Å². The second-order valence-corrected chi connectivity index (χ2v) is 4.16. The fraction of sp³-hybridized carbons (Fsp3) is 0.333. The van der Waals surface area contributed by atoms with E-state index in [0.717, 1.165) is 0 Å². The zero-order valence-electron chi connectivity index (χ0n) is 9.53. The number of ketones is 1. The lowest BCUT2D eigenvalue weighted by Gasteiger charge is -2.03. The molecule has 2 aromatic rings. The molecule has 0 aliphatic rings. The SMILES string of the molecule is CC(N)CCC(=O)c1ccc2[nH]c(=O)oc2c1. The van der Waals surface area contributed by atoms with Crippen LogP contribution in [0, 0.1) is 0 Å². The Hall–Kier alpha value is -1.88. The van der Waals surface area contributed by atoms with Gasteiger partial charge in [-0.2, -0.15) is 0 Å². The van der Waals surface area contributed by atoms with E-state index in [-0.39, 0.29) is 11.8 Å². The summed E-state index contributed by atoms with van der Waals surface area (Å²) in [5.41, 5.74) is 7.14. The van der Waals surface area contributed by atoms with Gasteiger partial charge < -0.3 is 10.2 Å². The van der Waals surface area contributed by atoms with Gasteiger partial charge >= 0.3 is 5.76 Å². The Bertz CT molecular complexity index is 595. The average molecular weight is 234 g/mol. The summed E-state index contributed by atoms with van der Waals surface area (Å²) in [7, 11) is 0. The van der Waals surface area contributed by atoms with E-state index >= 15 is 0 Å². The molecule has 0 amide bonds. The van der Waals surface area contributed by atoms with Crippen LogP contribution < -0.4 is 11.5 Å². The number of aromatic nitrogens is 1. The highest BCUT2D eigenvalue weighted by Gasteiger charge is 2.09. The Morgan fingerprint density at radius 2 is 2.29 bits per heavy atom. The van der Waals surface area contributed by atoms with Crippen LogP contribution in [-0.4, -0.2) is 16.8 Å². The van der Waals surface area contributed by atoms with Gasteiger partial charge in [0.2, 0.25) is 0 Å². The molecular weight excluding hydrogens is 220 g/mol. The summed E-state index contributed by atoms with van der Waals surface area (Å²) in [5, 5.41) is 0. The number of rotatable bonds is 4. The Morgan fingerprint density at radius 1 is 1.53 bits per heavy atom. The monoisotopic (exact) mass is 234 g/mol. The minimum absolute atomic E-state index is 0.00729. The van der Waals surface area contributed by atoms with E-state index in [1.54, 1.807) is 18.2 Å². The van der Waals surface area contributed by atoms with Crippen molar-refractivity contribution in [1.82, 2.24) is 4.98 Å². The number of benzene rings is 1. The standard InChI is InChI=1S/C12H14N2O3/c1-7(13)2-5-10(15)8-3-4-9-11(6-8)17-12(16)14-9/h3-4,6-7H,2,5,13H2,1H3,(H,14,16). The van der Waals surface area contributed by atoms with E-state index in [0.29, 0.717) is 29.5 Å². The maximum absolute atomic E-state index is 11.8. The number of hydrogen-bond acceptors (Lipinski definition) is 4. The summed E-state index contributed by atoms with van der Waals surface area (Å²) < 4.78 is 4.90. The van der Waals surface area contributed by atoms with Crippen molar-refractivity contribution in [2.24, 2.45) is 5.73 Å². The number of oxazole rings is 1. The van der Waals surface area contributed by atoms with Gasteiger partial charge in [0.1, 0.15) is 0 Å². The number of carbonyl (C=O) groups excluding carboxylic acids is 1. The molecule has 2 rings (SSSR count). The summed E-state index contributed by atoms with van der Waals surface area (Å²) in [6.45, 7) is 1.86. The molecule has 3 N–H and O–H groups in total. The molecule has 0 radical (unpaired) electrons. The maximum Gasteiger partial charge on any atom is 0.417 e. The molecule has 1 aromatic carbocycles. The van der Waals surface area contributed by atoms with E-state index in [4.69, 9.17) is 10.2 Å². The second-order valence-electron chi connectivity index (χ2n) is 4.16. The molecule has 0 spiro atoms. The molecule has 0 bridgehead atoms. The van der Waals surface area contributed by atoms with Crippen LogP contribution in [0.2, 0.25) is 0 Å². The first-order valence-electron chi connectivity index (χ1n) is 5.48. The fourth-order valence-electron chi connectivity index (χ4n) is 1.62. The normalized spacial score (nSPS) is 12.8. The molecule has 5 nitrogen and oxygen atoms in total. The van der Waals surface area contributed by atoms with Crippen molar-refractivity contribution < 1.29 is 9.21 Å². The fourth-order valence-corrected chi connectivity index (χ4v) is 1.62. The molecule has 1 unspecified atom stereocenters. The minimum Gasteiger partial charge on any atom is -0.408 e. The number of nitrogens with one attached hydrogen (secondary N) is 1. The van der Waals surface area contributed by atoms with Crippen molar-refractivity contribution in [3.05, 3.63) is 34.3 Å². The number of fused-ring (bicyclic) bond motifs is 1. The number of nitrogens with two attached hydrogens (primary N) is 1. The van der Waals surface area contributed by atoms with Crippen molar-refractivity contribution in [3.8, 4) is 0 Å². The molecule has 1 heterocycles. The number of Topliss-reactive ketones (excluding diaryl/α,β-unsaturated/α-hetero) is 1. The van der Waals surface area contributed by atoms with Crippen molar-refractivity contribution in [3.63, 3.8) is 0 Å². The van der Waals surface area contributed by atoms with Gasteiger partial charge in [-0.15, -0.1) is 0 Å². The lowest BCUT2D eigenvalue weighted by molar-refractivity contribution is 0.0978. The highest BCUT2D eigenvalue weighted by molar-refractivity contribution is 5.98. The molecule has 0 aliphatic carbocycles. The summed E-state index contributed by atoms with van der Waals surface area (Å²) in [6, 6.07) is 4.93. The quantitative estimate of drug-likeness (QED) is 0.783. The Morgan fingerprint density at radius 3 is 3.00 bits per heavy atom. The molecule has 0 saturated heterocycles. The van der Waals surface area contributed by atoms with Crippen molar-refractivity contribution in [2.45, 2.75) is 25.8 Å². The molecule has 5 heteroatoms. The molecule has 17 heavy (non-hydrogen) atoms. The first-order chi connectivity index (χ1) is 8.06. The van der Waals surface area contributed by atoms with Gasteiger partial charge in [0, 0.05) is 18.0 Å². The van der Waals surface area contributed by atoms with E-state index in [1.165, 1.54) is 0 Å². The molecule has 90 valence electrons.